The fourth-order valence-corrected chi connectivity index (χ4v) is 12.4. The van der Waals surface area contributed by atoms with Crippen molar-refractivity contribution in [3.8, 4) is 33.4 Å². The molecule has 0 bridgehead atoms. The highest BCUT2D eigenvalue weighted by molar-refractivity contribution is 7.27. The van der Waals surface area contributed by atoms with Gasteiger partial charge in [0.05, 0.1) is 17.1 Å². The molecule has 0 aliphatic heterocycles. The first-order valence-corrected chi connectivity index (χ1v) is 22.0. The summed E-state index contributed by atoms with van der Waals surface area (Å²) in [4.78, 5) is 2.61. The molecular weight excluding hydrogens is 759 g/mol. The fourth-order valence-electron chi connectivity index (χ4n) is 8.84. The molecule has 12 aromatic rings. The summed E-state index contributed by atoms with van der Waals surface area (Å²) < 4.78 is 7.74. The number of thiophene rings is 3. The van der Waals surface area contributed by atoms with Crippen molar-refractivity contribution in [3.05, 3.63) is 200 Å². The van der Waals surface area contributed by atoms with Crippen LogP contribution in [0.4, 0.5) is 17.1 Å². The Hall–Kier alpha value is -6.56. The molecule has 0 N–H and O–H groups in total. The van der Waals surface area contributed by atoms with Crippen molar-refractivity contribution < 1.29 is 0 Å². The largest absolute Gasteiger partial charge is 0.308 e. The van der Waals surface area contributed by atoms with E-state index >= 15 is 0 Å². The summed E-state index contributed by atoms with van der Waals surface area (Å²) in [6.45, 7) is 0. The van der Waals surface area contributed by atoms with Crippen molar-refractivity contribution in [3.63, 3.8) is 0 Å². The van der Waals surface area contributed by atoms with E-state index in [9.17, 15) is 0 Å². The third kappa shape index (κ3) is 5.34. The summed E-state index contributed by atoms with van der Waals surface area (Å²) in [5, 5.41) is 7.67. The van der Waals surface area contributed by atoms with E-state index in [1.165, 1.54) is 111 Å². The zero-order valence-corrected chi connectivity index (χ0v) is 33.7. The van der Waals surface area contributed by atoms with Crippen LogP contribution in [0.25, 0.3) is 93.9 Å². The molecule has 0 spiro atoms. The lowest BCUT2D eigenvalue weighted by molar-refractivity contribution is 1.34. The standard InChI is InChI=1S/C54H33NS3/c1-4-15-34(16-5-1)37-27-28-42-49(32-37)57-50-33-38(35-17-6-2-7-18-35)31-45(52(42)50)55(43-23-14-26-48-51(43)40-21-10-12-24-46(40)56-48)44-30-29-39(36-19-8-3-9-20-36)54-53(44)41-22-11-13-25-47(41)58-54/h1-33H. The number of benzene rings is 9. The quantitative estimate of drug-likeness (QED) is 0.162. The van der Waals surface area contributed by atoms with E-state index in [0.717, 1.165) is 0 Å². The zero-order chi connectivity index (χ0) is 38.2. The van der Waals surface area contributed by atoms with Gasteiger partial charge in [-0.05, 0) is 81.9 Å². The van der Waals surface area contributed by atoms with Crippen molar-refractivity contribution in [2.75, 3.05) is 4.90 Å². The van der Waals surface area contributed by atoms with Crippen molar-refractivity contribution in [1.29, 1.82) is 0 Å². The summed E-state index contributed by atoms with van der Waals surface area (Å²) in [6.07, 6.45) is 0. The predicted molar refractivity (Wildman–Crippen MR) is 256 cm³/mol. The second-order valence-electron chi connectivity index (χ2n) is 14.8. The second-order valence-corrected chi connectivity index (χ2v) is 18.0. The first-order chi connectivity index (χ1) is 28.8. The number of fused-ring (bicyclic) bond motifs is 9. The highest BCUT2D eigenvalue weighted by Gasteiger charge is 2.27. The average molecular weight is 792 g/mol. The van der Waals surface area contributed by atoms with E-state index in [-0.39, 0.29) is 0 Å². The van der Waals surface area contributed by atoms with Crippen LogP contribution >= 0.6 is 34.0 Å². The Morgan fingerprint density at radius 1 is 0.276 bits per heavy atom. The van der Waals surface area contributed by atoms with Gasteiger partial charge in [0.25, 0.3) is 0 Å². The molecular formula is C54H33NS3. The minimum Gasteiger partial charge on any atom is -0.308 e. The van der Waals surface area contributed by atoms with Gasteiger partial charge in [-0.15, -0.1) is 34.0 Å². The summed E-state index contributed by atoms with van der Waals surface area (Å²) in [5.41, 5.74) is 10.9. The van der Waals surface area contributed by atoms with Crippen LogP contribution < -0.4 is 4.90 Å². The topological polar surface area (TPSA) is 3.24 Å². The SMILES string of the molecule is c1ccc(-c2ccc3c(c2)sc2cc(-c4ccccc4)cc(N(c4cccc5sc6ccccc6c45)c4ccc(-c5ccccc5)c5sc6ccccc6c45)c23)cc1. The highest BCUT2D eigenvalue weighted by Crippen LogP contribution is 2.54. The van der Waals surface area contributed by atoms with E-state index in [0.29, 0.717) is 0 Å². The molecule has 0 amide bonds. The second kappa shape index (κ2) is 13.5. The Morgan fingerprint density at radius 3 is 1.55 bits per heavy atom. The number of nitrogens with zero attached hydrogens (tertiary/aromatic N) is 1. The van der Waals surface area contributed by atoms with Gasteiger partial charge in [-0.1, -0.05) is 152 Å². The molecule has 58 heavy (non-hydrogen) atoms. The molecule has 0 unspecified atom stereocenters. The van der Waals surface area contributed by atoms with Crippen LogP contribution in [-0.2, 0) is 0 Å². The van der Waals surface area contributed by atoms with Gasteiger partial charge >= 0.3 is 0 Å². The number of hydrogen-bond acceptors (Lipinski definition) is 4. The Morgan fingerprint density at radius 2 is 0.810 bits per heavy atom. The van der Waals surface area contributed by atoms with Gasteiger partial charge in [0.2, 0.25) is 0 Å². The Balaban J connectivity index is 1.24. The number of hydrogen-bond donors (Lipinski definition) is 0. The molecule has 0 aliphatic carbocycles. The van der Waals surface area contributed by atoms with Crippen LogP contribution in [0.3, 0.4) is 0 Å². The normalized spacial score (nSPS) is 11.8. The van der Waals surface area contributed by atoms with Crippen LogP contribution in [0.5, 0.6) is 0 Å². The van der Waals surface area contributed by atoms with E-state index in [1.54, 1.807) is 0 Å². The third-order valence-electron chi connectivity index (χ3n) is 11.5. The predicted octanol–water partition coefficient (Wildman–Crippen LogP) is 17.3. The van der Waals surface area contributed by atoms with Gasteiger partial charge in [0.1, 0.15) is 0 Å². The molecule has 0 aliphatic rings. The van der Waals surface area contributed by atoms with E-state index in [2.05, 4.69) is 205 Å². The molecule has 0 saturated heterocycles. The van der Waals surface area contributed by atoms with Gasteiger partial charge in [0, 0.05) is 60.5 Å². The van der Waals surface area contributed by atoms with Gasteiger partial charge in [-0.25, -0.2) is 0 Å². The number of anilines is 3. The lowest BCUT2D eigenvalue weighted by atomic mass is 9.97. The van der Waals surface area contributed by atoms with Crippen LogP contribution in [0, 0.1) is 0 Å². The summed E-state index contributed by atoms with van der Waals surface area (Å²) in [5.74, 6) is 0. The van der Waals surface area contributed by atoms with Crippen molar-refractivity contribution in [2.45, 2.75) is 0 Å². The van der Waals surface area contributed by atoms with E-state index in [4.69, 9.17) is 0 Å². The van der Waals surface area contributed by atoms with Crippen LogP contribution in [0.1, 0.15) is 0 Å². The molecule has 0 atom stereocenters. The first-order valence-electron chi connectivity index (χ1n) is 19.6. The maximum atomic E-state index is 2.61. The minimum atomic E-state index is 1.18. The molecule has 272 valence electrons. The molecule has 1 nitrogen and oxygen atoms in total. The molecule has 9 aromatic carbocycles. The van der Waals surface area contributed by atoms with Gasteiger partial charge in [-0.2, -0.15) is 0 Å². The number of rotatable bonds is 6. The minimum absolute atomic E-state index is 1.18. The lowest BCUT2D eigenvalue weighted by Gasteiger charge is -2.29. The fraction of sp³-hybridized carbons (Fsp3) is 0. The Kier molecular flexibility index (Phi) is 7.83. The summed E-state index contributed by atoms with van der Waals surface area (Å²) in [6, 6.07) is 73.9. The molecule has 4 heteroatoms. The van der Waals surface area contributed by atoms with Crippen molar-refractivity contribution in [2.24, 2.45) is 0 Å². The van der Waals surface area contributed by atoms with Crippen LogP contribution in [0.2, 0.25) is 0 Å². The molecule has 0 fully saturated rings. The molecule has 3 aromatic heterocycles. The zero-order valence-electron chi connectivity index (χ0n) is 31.2. The third-order valence-corrected chi connectivity index (χ3v) is 14.9. The maximum Gasteiger partial charge on any atom is 0.0561 e. The summed E-state index contributed by atoms with van der Waals surface area (Å²) in [7, 11) is 0. The van der Waals surface area contributed by atoms with Gasteiger partial charge in [-0.3, -0.25) is 0 Å². The highest BCUT2D eigenvalue weighted by atomic mass is 32.1. The lowest BCUT2D eigenvalue weighted by Crippen LogP contribution is -2.11. The van der Waals surface area contributed by atoms with E-state index < -0.39 is 0 Å². The molecule has 0 radical (unpaired) electrons. The summed E-state index contributed by atoms with van der Waals surface area (Å²) >= 11 is 5.67. The maximum absolute atomic E-state index is 2.61. The van der Waals surface area contributed by atoms with Gasteiger partial charge in [0.15, 0.2) is 0 Å². The smallest absolute Gasteiger partial charge is 0.0561 e. The monoisotopic (exact) mass is 791 g/mol. The average Bonchev–Trinajstić information content (AvgIpc) is 3.99. The molecule has 12 rings (SSSR count). The van der Waals surface area contributed by atoms with Crippen LogP contribution in [0.15, 0.2) is 200 Å². The Labute approximate surface area is 347 Å². The van der Waals surface area contributed by atoms with E-state index in [1.807, 2.05) is 34.0 Å². The molecule has 3 heterocycles. The van der Waals surface area contributed by atoms with Gasteiger partial charge < -0.3 is 4.90 Å². The van der Waals surface area contributed by atoms with Crippen LogP contribution in [-0.4, -0.2) is 0 Å². The molecule has 0 saturated carbocycles. The van der Waals surface area contributed by atoms with Crippen molar-refractivity contribution >= 4 is 112 Å². The van der Waals surface area contributed by atoms with Crippen molar-refractivity contribution in [1.82, 2.24) is 0 Å². The first kappa shape index (κ1) is 33.6. The Bertz CT molecular complexity index is 3500.